The predicted octanol–water partition coefficient (Wildman–Crippen LogP) is 3.31. The van der Waals surface area contributed by atoms with Gasteiger partial charge in [-0.05, 0) is 30.7 Å². The van der Waals surface area contributed by atoms with Gasteiger partial charge in [0.15, 0.2) is 0 Å². The zero-order valence-corrected chi connectivity index (χ0v) is 11.7. The lowest BCUT2D eigenvalue weighted by Gasteiger charge is -2.11. The molecule has 1 unspecified atom stereocenters. The van der Waals surface area contributed by atoms with E-state index in [0.29, 0.717) is 16.5 Å². The molecule has 96 valence electrons. The zero-order valence-electron chi connectivity index (χ0n) is 10.2. The summed E-state index contributed by atoms with van der Waals surface area (Å²) in [4.78, 5) is 0. The van der Waals surface area contributed by atoms with Crippen molar-refractivity contribution < 1.29 is 5.11 Å². The maximum Gasteiger partial charge on any atom is 0.0996 e. The van der Waals surface area contributed by atoms with E-state index in [1.807, 2.05) is 26.1 Å². The molecular formula is C13H14Cl2N2O. The quantitative estimate of drug-likeness (QED) is 0.939. The molecule has 0 amide bonds. The van der Waals surface area contributed by atoms with Crippen molar-refractivity contribution in [3.05, 3.63) is 51.3 Å². The van der Waals surface area contributed by atoms with E-state index in [4.69, 9.17) is 23.2 Å². The highest BCUT2D eigenvalue weighted by atomic mass is 35.5. The van der Waals surface area contributed by atoms with Crippen molar-refractivity contribution in [2.75, 3.05) is 0 Å². The highest BCUT2D eigenvalue weighted by Gasteiger charge is 2.14. The van der Waals surface area contributed by atoms with Crippen LogP contribution in [0.4, 0.5) is 0 Å². The Bertz CT molecular complexity index is 566. The second-order valence-corrected chi connectivity index (χ2v) is 5.12. The number of aliphatic hydroxyl groups excluding tert-OH is 1. The molecule has 0 radical (unpaired) electrons. The van der Waals surface area contributed by atoms with E-state index in [1.54, 1.807) is 16.8 Å². The molecule has 18 heavy (non-hydrogen) atoms. The summed E-state index contributed by atoms with van der Waals surface area (Å²) >= 11 is 11.8. The first-order valence-corrected chi connectivity index (χ1v) is 6.35. The third-order valence-electron chi connectivity index (χ3n) is 2.79. The van der Waals surface area contributed by atoms with E-state index in [9.17, 15) is 5.11 Å². The summed E-state index contributed by atoms with van der Waals surface area (Å²) in [6.07, 6.45) is -0.121. The van der Waals surface area contributed by atoms with Crippen molar-refractivity contribution in [1.82, 2.24) is 9.78 Å². The molecule has 1 atom stereocenters. The third-order valence-corrected chi connectivity index (χ3v) is 3.53. The molecule has 1 aromatic heterocycles. The minimum atomic E-state index is -0.603. The van der Waals surface area contributed by atoms with Gasteiger partial charge in [-0.25, -0.2) is 0 Å². The van der Waals surface area contributed by atoms with Gasteiger partial charge in [0.1, 0.15) is 0 Å². The van der Waals surface area contributed by atoms with E-state index in [2.05, 4.69) is 5.10 Å². The van der Waals surface area contributed by atoms with Crippen LogP contribution < -0.4 is 0 Å². The number of halogens is 2. The standard InChI is InChI=1S/C13H14Cl2N2O/c1-8-5-12(17(2)16-8)13(18)7-9-3-4-10(14)11(15)6-9/h3-6,13,18H,7H2,1-2H3. The summed E-state index contributed by atoms with van der Waals surface area (Å²) in [5.74, 6) is 0. The molecule has 1 aromatic carbocycles. The maximum absolute atomic E-state index is 10.2. The van der Waals surface area contributed by atoms with Gasteiger partial charge < -0.3 is 5.11 Å². The fourth-order valence-electron chi connectivity index (χ4n) is 1.94. The zero-order chi connectivity index (χ0) is 13.3. The normalized spacial score (nSPS) is 12.7. The lowest BCUT2D eigenvalue weighted by atomic mass is 10.1. The largest absolute Gasteiger partial charge is 0.386 e. The smallest absolute Gasteiger partial charge is 0.0996 e. The Labute approximate surface area is 116 Å². The van der Waals surface area contributed by atoms with Crippen LogP contribution in [0.15, 0.2) is 24.3 Å². The second-order valence-electron chi connectivity index (χ2n) is 4.30. The van der Waals surface area contributed by atoms with E-state index in [-0.39, 0.29) is 0 Å². The fourth-order valence-corrected chi connectivity index (χ4v) is 2.26. The van der Waals surface area contributed by atoms with Gasteiger partial charge >= 0.3 is 0 Å². The SMILES string of the molecule is Cc1cc(C(O)Cc2ccc(Cl)c(Cl)c2)n(C)n1. The van der Waals surface area contributed by atoms with Gasteiger partial charge in [0.2, 0.25) is 0 Å². The second kappa shape index (κ2) is 5.31. The van der Waals surface area contributed by atoms with Crippen LogP contribution in [0.1, 0.15) is 23.1 Å². The molecule has 0 spiro atoms. The summed E-state index contributed by atoms with van der Waals surface area (Å²) in [5, 5.41) is 15.4. The first-order chi connectivity index (χ1) is 8.47. The van der Waals surface area contributed by atoms with E-state index < -0.39 is 6.10 Å². The highest BCUT2D eigenvalue weighted by molar-refractivity contribution is 6.42. The van der Waals surface area contributed by atoms with Crippen LogP contribution in [0.2, 0.25) is 10.0 Å². The van der Waals surface area contributed by atoms with E-state index in [1.165, 1.54) is 0 Å². The molecule has 0 aliphatic rings. The Kier molecular flexibility index (Phi) is 3.95. The minimum absolute atomic E-state index is 0.482. The predicted molar refractivity (Wildman–Crippen MR) is 73.1 cm³/mol. The Hall–Kier alpha value is -1.03. The molecule has 3 nitrogen and oxygen atoms in total. The van der Waals surface area contributed by atoms with Crippen LogP contribution in [0.25, 0.3) is 0 Å². The molecule has 0 bridgehead atoms. The molecule has 5 heteroatoms. The Morgan fingerprint density at radius 2 is 2.00 bits per heavy atom. The van der Waals surface area contributed by atoms with Gasteiger partial charge in [-0.2, -0.15) is 5.10 Å². The molecular weight excluding hydrogens is 271 g/mol. The van der Waals surface area contributed by atoms with Crippen molar-refractivity contribution in [2.45, 2.75) is 19.4 Å². The molecule has 0 aliphatic carbocycles. The van der Waals surface area contributed by atoms with Gasteiger partial charge in [0.05, 0.1) is 27.5 Å². The molecule has 0 saturated carbocycles. The first kappa shape index (κ1) is 13.4. The minimum Gasteiger partial charge on any atom is -0.386 e. The van der Waals surface area contributed by atoms with Crippen molar-refractivity contribution in [1.29, 1.82) is 0 Å². The van der Waals surface area contributed by atoms with Gasteiger partial charge in [-0.3, -0.25) is 4.68 Å². The molecule has 1 heterocycles. The van der Waals surface area contributed by atoms with Crippen molar-refractivity contribution in [2.24, 2.45) is 7.05 Å². The van der Waals surface area contributed by atoms with Crippen LogP contribution in [-0.4, -0.2) is 14.9 Å². The van der Waals surface area contributed by atoms with Crippen LogP contribution in [0.5, 0.6) is 0 Å². The van der Waals surface area contributed by atoms with Crippen molar-refractivity contribution in [3.63, 3.8) is 0 Å². The summed E-state index contributed by atoms with van der Waals surface area (Å²) in [6, 6.07) is 7.25. The first-order valence-electron chi connectivity index (χ1n) is 5.60. The third kappa shape index (κ3) is 2.86. The lowest BCUT2D eigenvalue weighted by molar-refractivity contribution is 0.168. The number of nitrogens with zero attached hydrogens (tertiary/aromatic N) is 2. The van der Waals surface area contributed by atoms with E-state index in [0.717, 1.165) is 17.0 Å². The number of aliphatic hydroxyl groups is 1. The fraction of sp³-hybridized carbons (Fsp3) is 0.308. The van der Waals surface area contributed by atoms with Crippen LogP contribution in [-0.2, 0) is 13.5 Å². The average Bonchev–Trinajstić information content (AvgIpc) is 2.63. The number of benzene rings is 1. The monoisotopic (exact) mass is 284 g/mol. The summed E-state index contributed by atoms with van der Waals surface area (Å²) in [5.41, 5.74) is 2.62. The van der Waals surface area contributed by atoms with Gasteiger partial charge in [-0.1, -0.05) is 29.3 Å². The van der Waals surface area contributed by atoms with Crippen molar-refractivity contribution >= 4 is 23.2 Å². The highest BCUT2D eigenvalue weighted by Crippen LogP contribution is 2.25. The topological polar surface area (TPSA) is 38.0 Å². The van der Waals surface area contributed by atoms with Gasteiger partial charge in [-0.15, -0.1) is 0 Å². The number of aromatic nitrogens is 2. The van der Waals surface area contributed by atoms with E-state index >= 15 is 0 Å². The molecule has 0 aliphatic heterocycles. The van der Waals surface area contributed by atoms with Gasteiger partial charge in [0, 0.05) is 13.5 Å². The lowest BCUT2D eigenvalue weighted by Crippen LogP contribution is -2.07. The summed E-state index contributed by atoms with van der Waals surface area (Å²) < 4.78 is 1.69. The van der Waals surface area contributed by atoms with Gasteiger partial charge in [0.25, 0.3) is 0 Å². The Morgan fingerprint density at radius 3 is 2.56 bits per heavy atom. The molecule has 2 aromatic rings. The summed E-state index contributed by atoms with van der Waals surface area (Å²) in [6.45, 7) is 1.90. The average molecular weight is 285 g/mol. The van der Waals surface area contributed by atoms with Crippen LogP contribution in [0, 0.1) is 6.92 Å². The number of hydrogen-bond donors (Lipinski definition) is 1. The Balaban J connectivity index is 2.18. The number of aryl methyl sites for hydroxylation is 2. The van der Waals surface area contributed by atoms with Crippen LogP contribution >= 0.6 is 23.2 Å². The molecule has 0 saturated heterocycles. The number of rotatable bonds is 3. The number of hydrogen-bond acceptors (Lipinski definition) is 2. The molecule has 0 fully saturated rings. The molecule has 1 N–H and O–H groups in total. The summed E-state index contributed by atoms with van der Waals surface area (Å²) in [7, 11) is 1.82. The van der Waals surface area contributed by atoms with Crippen molar-refractivity contribution in [3.8, 4) is 0 Å². The Morgan fingerprint density at radius 1 is 1.28 bits per heavy atom. The van der Waals surface area contributed by atoms with Crippen LogP contribution in [0.3, 0.4) is 0 Å². The molecule has 2 rings (SSSR count). The maximum atomic E-state index is 10.2.